The van der Waals surface area contributed by atoms with Crippen LogP contribution in [0.2, 0.25) is 0 Å². The van der Waals surface area contributed by atoms with E-state index in [1.54, 1.807) is 0 Å². The third-order valence-electron chi connectivity index (χ3n) is 2.66. The van der Waals surface area contributed by atoms with Gasteiger partial charge in [0.2, 0.25) is 5.91 Å². The molecule has 19 heavy (non-hydrogen) atoms. The molecule has 0 bridgehead atoms. The summed E-state index contributed by atoms with van der Waals surface area (Å²) in [6.07, 6.45) is 1.95. The molecule has 0 radical (unpaired) electrons. The van der Waals surface area contributed by atoms with Gasteiger partial charge in [0.25, 0.3) is 0 Å². The number of rotatable bonds is 10. The van der Waals surface area contributed by atoms with Gasteiger partial charge in [0.1, 0.15) is 6.61 Å². The Hall–Kier alpha value is -1.39. The first-order chi connectivity index (χ1) is 9.33. The van der Waals surface area contributed by atoms with Crippen LogP contribution in [0, 0.1) is 0 Å². The molecule has 0 unspecified atom stereocenters. The van der Waals surface area contributed by atoms with Crippen molar-refractivity contribution in [3.8, 4) is 0 Å². The van der Waals surface area contributed by atoms with Crippen LogP contribution in [0.1, 0.15) is 18.9 Å². The molecule has 0 heterocycles. The zero-order valence-corrected chi connectivity index (χ0v) is 11.7. The molecule has 1 aromatic carbocycles. The Labute approximate surface area is 115 Å². The molecule has 106 valence electrons. The number of carbonyl (C=O) groups is 1. The number of nitrogens with one attached hydrogen (secondary N) is 2. The molecule has 1 rings (SSSR count). The topological polar surface area (TPSA) is 50.4 Å². The highest BCUT2D eigenvalue weighted by atomic mass is 16.5. The predicted molar refractivity (Wildman–Crippen MR) is 77.1 cm³/mol. The van der Waals surface area contributed by atoms with Gasteiger partial charge in [-0.3, -0.25) is 4.79 Å². The second-order valence-electron chi connectivity index (χ2n) is 4.39. The second-order valence-corrected chi connectivity index (χ2v) is 4.39. The molecule has 0 saturated carbocycles. The lowest BCUT2D eigenvalue weighted by molar-refractivity contribution is -0.125. The highest BCUT2D eigenvalue weighted by Gasteiger charge is 2.00. The van der Waals surface area contributed by atoms with Gasteiger partial charge in [0.15, 0.2) is 0 Å². The molecule has 0 aliphatic rings. The molecule has 0 spiro atoms. The van der Waals surface area contributed by atoms with Gasteiger partial charge in [-0.15, -0.1) is 0 Å². The molecule has 2 N–H and O–H groups in total. The van der Waals surface area contributed by atoms with Crippen LogP contribution in [0.4, 0.5) is 0 Å². The lowest BCUT2D eigenvalue weighted by atomic mass is 10.2. The largest absolute Gasteiger partial charge is 0.371 e. The van der Waals surface area contributed by atoms with Crippen LogP contribution >= 0.6 is 0 Å². The number of amides is 1. The Kier molecular flexibility index (Phi) is 8.68. The minimum Gasteiger partial charge on any atom is -0.371 e. The summed E-state index contributed by atoms with van der Waals surface area (Å²) in [4.78, 5) is 11.4. The highest BCUT2D eigenvalue weighted by Crippen LogP contribution is 1.99. The quantitative estimate of drug-likeness (QED) is 0.627. The second kappa shape index (κ2) is 10.5. The highest BCUT2D eigenvalue weighted by molar-refractivity contribution is 5.77. The van der Waals surface area contributed by atoms with Crippen molar-refractivity contribution >= 4 is 5.91 Å². The maximum Gasteiger partial charge on any atom is 0.246 e. The molecule has 0 aliphatic carbocycles. The first-order valence-electron chi connectivity index (χ1n) is 6.92. The monoisotopic (exact) mass is 264 g/mol. The average molecular weight is 264 g/mol. The first-order valence-corrected chi connectivity index (χ1v) is 6.92. The number of hydrogen-bond donors (Lipinski definition) is 2. The van der Waals surface area contributed by atoms with Gasteiger partial charge in [0.05, 0.1) is 6.61 Å². The third kappa shape index (κ3) is 8.35. The van der Waals surface area contributed by atoms with E-state index in [0.29, 0.717) is 13.2 Å². The standard InChI is InChI=1S/C15H24N2O2/c1-2-9-16-10-11-17-15(18)13-19-12-8-14-6-4-3-5-7-14/h3-7,16H,2,8-13H2,1H3,(H,17,18). The van der Waals surface area contributed by atoms with E-state index in [2.05, 4.69) is 29.7 Å². The Morgan fingerprint density at radius 2 is 1.95 bits per heavy atom. The van der Waals surface area contributed by atoms with Crippen LogP contribution in [0.3, 0.4) is 0 Å². The van der Waals surface area contributed by atoms with E-state index in [1.807, 2.05) is 18.2 Å². The summed E-state index contributed by atoms with van der Waals surface area (Å²) in [6, 6.07) is 10.1. The molecule has 0 atom stereocenters. The van der Waals surface area contributed by atoms with Gasteiger partial charge in [-0.05, 0) is 24.9 Å². The molecule has 0 fully saturated rings. The van der Waals surface area contributed by atoms with E-state index < -0.39 is 0 Å². The molecule has 1 amide bonds. The zero-order valence-electron chi connectivity index (χ0n) is 11.7. The number of hydrogen-bond acceptors (Lipinski definition) is 3. The van der Waals surface area contributed by atoms with E-state index in [1.165, 1.54) is 5.56 Å². The van der Waals surface area contributed by atoms with Crippen molar-refractivity contribution in [1.29, 1.82) is 0 Å². The minimum atomic E-state index is -0.0497. The third-order valence-corrected chi connectivity index (χ3v) is 2.66. The van der Waals surface area contributed by atoms with Crippen molar-refractivity contribution in [1.82, 2.24) is 10.6 Å². The van der Waals surface area contributed by atoms with Crippen molar-refractivity contribution < 1.29 is 9.53 Å². The summed E-state index contributed by atoms with van der Waals surface area (Å²) >= 11 is 0. The van der Waals surface area contributed by atoms with E-state index in [0.717, 1.165) is 25.9 Å². The van der Waals surface area contributed by atoms with Crippen LogP contribution in [0.5, 0.6) is 0 Å². The van der Waals surface area contributed by atoms with E-state index in [9.17, 15) is 4.79 Å². The summed E-state index contributed by atoms with van der Waals surface area (Å²) in [5.74, 6) is -0.0497. The van der Waals surface area contributed by atoms with Gasteiger partial charge < -0.3 is 15.4 Å². The minimum absolute atomic E-state index is 0.0497. The number of carbonyl (C=O) groups excluding carboxylic acids is 1. The number of benzene rings is 1. The smallest absolute Gasteiger partial charge is 0.246 e. The van der Waals surface area contributed by atoms with Crippen molar-refractivity contribution in [3.05, 3.63) is 35.9 Å². The normalized spacial score (nSPS) is 10.4. The van der Waals surface area contributed by atoms with Crippen molar-refractivity contribution in [2.75, 3.05) is 32.8 Å². The Balaban J connectivity index is 1.95. The van der Waals surface area contributed by atoms with Crippen LogP contribution in [0.15, 0.2) is 30.3 Å². The molecule has 4 nitrogen and oxygen atoms in total. The number of ether oxygens (including phenoxy) is 1. The van der Waals surface area contributed by atoms with Crippen LogP contribution in [0.25, 0.3) is 0 Å². The molecule has 0 aromatic heterocycles. The molecule has 1 aromatic rings. The Bertz CT molecular complexity index is 341. The van der Waals surface area contributed by atoms with Gasteiger partial charge >= 0.3 is 0 Å². The van der Waals surface area contributed by atoms with Gasteiger partial charge in [-0.2, -0.15) is 0 Å². The van der Waals surface area contributed by atoms with E-state index in [4.69, 9.17) is 4.74 Å². The lowest BCUT2D eigenvalue weighted by Gasteiger charge is -2.07. The molecule has 4 heteroatoms. The summed E-state index contributed by atoms with van der Waals surface area (Å²) < 4.78 is 5.35. The van der Waals surface area contributed by atoms with E-state index >= 15 is 0 Å². The average Bonchev–Trinajstić information content (AvgIpc) is 2.44. The summed E-state index contributed by atoms with van der Waals surface area (Å²) in [7, 11) is 0. The predicted octanol–water partition coefficient (Wildman–Crippen LogP) is 1.36. The maximum absolute atomic E-state index is 11.4. The molecular weight excluding hydrogens is 240 g/mol. The first kappa shape index (κ1) is 15.7. The fourth-order valence-corrected chi connectivity index (χ4v) is 1.64. The molecule has 0 saturated heterocycles. The maximum atomic E-state index is 11.4. The zero-order chi connectivity index (χ0) is 13.8. The van der Waals surface area contributed by atoms with Crippen LogP contribution in [-0.2, 0) is 16.0 Å². The Morgan fingerprint density at radius 3 is 2.68 bits per heavy atom. The van der Waals surface area contributed by atoms with Gasteiger partial charge in [-0.25, -0.2) is 0 Å². The lowest BCUT2D eigenvalue weighted by Crippen LogP contribution is -2.34. The van der Waals surface area contributed by atoms with Gasteiger partial charge in [0, 0.05) is 13.1 Å². The van der Waals surface area contributed by atoms with Crippen LogP contribution in [-0.4, -0.2) is 38.8 Å². The fourth-order valence-electron chi connectivity index (χ4n) is 1.64. The molecular formula is C15H24N2O2. The fraction of sp³-hybridized carbons (Fsp3) is 0.533. The van der Waals surface area contributed by atoms with Crippen molar-refractivity contribution in [2.45, 2.75) is 19.8 Å². The summed E-state index contributed by atoms with van der Waals surface area (Å²) in [5, 5.41) is 6.04. The summed E-state index contributed by atoms with van der Waals surface area (Å²) in [5.41, 5.74) is 1.23. The van der Waals surface area contributed by atoms with E-state index in [-0.39, 0.29) is 12.5 Å². The van der Waals surface area contributed by atoms with Crippen molar-refractivity contribution in [2.24, 2.45) is 0 Å². The molecule has 0 aliphatic heterocycles. The van der Waals surface area contributed by atoms with Gasteiger partial charge in [-0.1, -0.05) is 37.3 Å². The van der Waals surface area contributed by atoms with Crippen LogP contribution < -0.4 is 10.6 Å². The Morgan fingerprint density at radius 1 is 1.16 bits per heavy atom. The SMILES string of the molecule is CCCNCCNC(=O)COCCc1ccccc1. The van der Waals surface area contributed by atoms with Crippen molar-refractivity contribution in [3.63, 3.8) is 0 Å². The summed E-state index contributed by atoms with van der Waals surface area (Å²) in [6.45, 7) is 5.28.